The van der Waals surface area contributed by atoms with Gasteiger partial charge in [0.15, 0.2) is 0 Å². The van der Waals surface area contributed by atoms with Gasteiger partial charge in [-0.1, -0.05) is 6.92 Å². The van der Waals surface area contributed by atoms with Gasteiger partial charge in [-0.2, -0.15) is 0 Å². The van der Waals surface area contributed by atoms with Crippen LogP contribution in [0.15, 0.2) is 23.1 Å². The fraction of sp³-hybridized carbons (Fsp3) is 0.571. The number of thioether (sulfide) groups is 1. The molecule has 0 spiro atoms. The molecule has 1 aromatic rings. The van der Waals surface area contributed by atoms with Crippen LogP contribution in [0.4, 0.5) is 5.69 Å². The van der Waals surface area contributed by atoms with E-state index in [0.29, 0.717) is 6.10 Å². The minimum atomic E-state index is 0.349. The summed E-state index contributed by atoms with van der Waals surface area (Å²) < 4.78 is 5.80. The van der Waals surface area contributed by atoms with Crippen LogP contribution < -0.4 is 5.73 Å². The molecule has 0 radical (unpaired) electrons. The smallest absolute Gasteiger partial charge is 0.0796 e. The molecule has 1 unspecified atom stereocenters. The quantitative estimate of drug-likeness (QED) is 0.671. The second-order valence-electron chi connectivity index (χ2n) is 4.72. The summed E-state index contributed by atoms with van der Waals surface area (Å²) in [5, 5.41) is 0. The van der Waals surface area contributed by atoms with Crippen LogP contribution >= 0.6 is 11.8 Å². The molecule has 3 nitrogen and oxygen atoms in total. The third-order valence-electron chi connectivity index (χ3n) is 3.35. The Bertz CT molecular complexity index is 397. The van der Waals surface area contributed by atoms with E-state index in [2.05, 4.69) is 30.9 Å². The topological polar surface area (TPSA) is 38.5 Å². The van der Waals surface area contributed by atoms with Crippen molar-refractivity contribution < 1.29 is 4.74 Å². The van der Waals surface area contributed by atoms with Crippen molar-refractivity contribution in [2.75, 3.05) is 37.7 Å². The number of morpholine rings is 1. The highest BCUT2D eigenvalue weighted by atomic mass is 32.2. The first-order valence-corrected chi connectivity index (χ1v) is 7.50. The summed E-state index contributed by atoms with van der Waals surface area (Å²) in [6.07, 6.45) is 0.349. The Balaban J connectivity index is 1.85. The number of nitrogens with zero attached hydrogens (tertiary/aromatic N) is 1. The maximum Gasteiger partial charge on any atom is 0.0796 e. The molecular formula is C14H22N2OS. The largest absolute Gasteiger partial charge is 0.399 e. The standard InChI is InChI=1S/C14H22N2OS/c1-3-16-6-7-17-12(9-16)10-18-13-4-5-14(15)11(2)8-13/h4-5,8,12H,3,6-7,9-10,15H2,1-2H3. The van der Waals surface area contributed by atoms with Crippen LogP contribution in [0.25, 0.3) is 0 Å². The predicted octanol–water partition coefficient (Wildman–Crippen LogP) is 2.39. The van der Waals surface area contributed by atoms with E-state index in [1.807, 2.05) is 17.8 Å². The van der Waals surface area contributed by atoms with Crippen molar-refractivity contribution in [2.45, 2.75) is 24.8 Å². The average molecular weight is 266 g/mol. The number of nitrogen functional groups attached to an aromatic ring is 1. The fourth-order valence-electron chi connectivity index (χ4n) is 2.10. The van der Waals surface area contributed by atoms with Gasteiger partial charge in [-0.05, 0) is 37.2 Å². The Morgan fingerprint density at radius 2 is 2.33 bits per heavy atom. The molecule has 2 rings (SSSR count). The number of benzene rings is 1. The van der Waals surface area contributed by atoms with Gasteiger partial charge in [0.25, 0.3) is 0 Å². The van der Waals surface area contributed by atoms with Crippen LogP contribution in [0.1, 0.15) is 12.5 Å². The molecule has 2 N–H and O–H groups in total. The highest BCUT2D eigenvalue weighted by Crippen LogP contribution is 2.24. The minimum Gasteiger partial charge on any atom is -0.399 e. The molecule has 0 saturated carbocycles. The van der Waals surface area contributed by atoms with Crippen LogP contribution in [0, 0.1) is 6.92 Å². The van der Waals surface area contributed by atoms with E-state index >= 15 is 0 Å². The van der Waals surface area contributed by atoms with Gasteiger partial charge >= 0.3 is 0 Å². The van der Waals surface area contributed by atoms with Gasteiger partial charge in [0, 0.05) is 29.4 Å². The number of anilines is 1. The minimum absolute atomic E-state index is 0.349. The van der Waals surface area contributed by atoms with Crippen LogP contribution in [-0.4, -0.2) is 43.0 Å². The van der Waals surface area contributed by atoms with E-state index in [1.165, 1.54) is 4.90 Å². The molecule has 18 heavy (non-hydrogen) atoms. The molecular weight excluding hydrogens is 244 g/mol. The highest BCUT2D eigenvalue weighted by Gasteiger charge is 2.19. The number of hydrogen-bond acceptors (Lipinski definition) is 4. The van der Waals surface area contributed by atoms with Gasteiger partial charge in [0.2, 0.25) is 0 Å². The van der Waals surface area contributed by atoms with Crippen molar-refractivity contribution in [3.8, 4) is 0 Å². The van der Waals surface area contributed by atoms with E-state index in [9.17, 15) is 0 Å². The van der Waals surface area contributed by atoms with E-state index in [0.717, 1.165) is 43.2 Å². The summed E-state index contributed by atoms with van der Waals surface area (Å²) in [7, 11) is 0. The van der Waals surface area contributed by atoms with Gasteiger partial charge in [-0.25, -0.2) is 0 Å². The van der Waals surface area contributed by atoms with Gasteiger partial charge < -0.3 is 10.5 Å². The maximum absolute atomic E-state index is 5.82. The predicted molar refractivity (Wildman–Crippen MR) is 78.2 cm³/mol. The molecule has 1 aromatic carbocycles. The summed E-state index contributed by atoms with van der Waals surface area (Å²) in [5.41, 5.74) is 7.84. The van der Waals surface area contributed by atoms with Crippen LogP contribution in [0.3, 0.4) is 0 Å². The molecule has 1 aliphatic rings. The lowest BCUT2D eigenvalue weighted by molar-refractivity contribution is -0.0137. The van der Waals surface area contributed by atoms with Crippen LogP contribution in [-0.2, 0) is 4.74 Å². The molecule has 1 atom stereocenters. The van der Waals surface area contributed by atoms with E-state index in [1.54, 1.807) is 0 Å². The van der Waals surface area contributed by atoms with Gasteiger partial charge in [0.05, 0.1) is 12.7 Å². The SMILES string of the molecule is CCN1CCOC(CSc2ccc(N)c(C)c2)C1. The molecule has 0 bridgehead atoms. The van der Waals surface area contributed by atoms with Crippen molar-refractivity contribution in [2.24, 2.45) is 0 Å². The number of ether oxygens (including phenoxy) is 1. The van der Waals surface area contributed by atoms with E-state index < -0.39 is 0 Å². The number of likely N-dealkylation sites (N-methyl/N-ethyl adjacent to an activating group) is 1. The van der Waals surface area contributed by atoms with Crippen molar-refractivity contribution in [1.29, 1.82) is 0 Å². The first kappa shape index (κ1) is 13.7. The van der Waals surface area contributed by atoms with Crippen LogP contribution in [0.5, 0.6) is 0 Å². The fourth-order valence-corrected chi connectivity index (χ4v) is 3.10. The lowest BCUT2D eigenvalue weighted by Crippen LogP contribution is -2.43. The van der Waals surface area contributed by atoms with Crippen molar-refractivity contribution in [3.05, 3.63) is 23.8 Å². The number of hydrogen-bond donors (Lipinski definition) is 1. The van der Waals surface area contributed by atoms with Gasteiger partial charge in [-0.15, -0.1) is 11.8 Å². The third kappa shape index (κ3) is 3.64. The van der Waals surface area contributed by atoms with E-state index in [-0.39, 0.29) is 0 Å². The molecule has 0 aliphatic carbocycles. The van der Waals surface area contributed by atoms with Crippen LogP contribution in [0.2, 0.25) is 0 Å². The Morgan fingerprint density at radius 1 is 1.50 bits per heavy atom. The Labute approximate surface area is 114 Å². The van der Waals surface area contributed by atoms with Crippen molar-refractivity contribution in [1.82, 2.24) is 4.90 Å². The monoisotopic (exact) mass is 266 g/mol. The Morgan fingerprint density at radius 3 is 3.06 bits per heavy atom. The third-order valence-corrected chi connectivity index (χ3v) is 4.47. The molecule has 1 heterocycles. The highest BCUT2D eigenvalue weighted by molar-refractivity contribution is 7.99. The normalized spacial score (nSPS) is 21.1. The zero-order chi connectivity index (χ0) is 13.0. The van der Waals surface area contributed by atoms with E-state index in [4.69, 9.17) is 10.5 Å². The zero-order valence-corrected chi connectivity index (χ0v) is 12.0. The molecule has 1 saturated heterocycles. The molecule has 0 aromatic heterocycles. The lowest BCUT2D eigenvalue weighted by atomic mass is 10.2. The number of nitrogens with two attached hydrogens (primary N) is 1. The summed E-state index contributed by atoms with van der Waals surface area (Å²) in [6, 6.07) is 6.23. The second-order valence-corrected chi connectivity index (χ2v) is 5.81. The summed E-state index contributed by atoms with van der Waals surface area (Å²) >= 11 is 1.86. The number of rotatable bonds is 4. The number of aryl methyl sites for hydroxylation is 1. The first-order valence-electron chi connectivity index (χ1n) is 6.52. The molecule has 100 valence electrons. The summed E-state index contributed by atoms with van der Waals surface area (Å²) in [6.45, 7) is 8.36. The lowest BCUT2D eigenvalue weighted by Gasteiger charge is -2.31. The maximum atomic E-state index is 5.82. The summed E-state index contributed by atoms with van der Waals surface area (Å²) in [5.74, 6) is 1.01. The van der Waals surface area contributed by atoms with Crippen molar-refractivity contribution >= 4 is 17.4 Å². The van der Waals surface area contributed by atoms with Gasteiger partial charge in [0.1, 0.15) is 0 Å². The van der Waals surface area contributed by atoms with Gasteiger partial charge in [-0.3, -0.25) is 4.90 Å². The molecule has 1 aliphatic heterocycles. The molecule has 0 amide bonds. The first-order chi connectivity index (χ1) is 8.69. The van der Waals surface area contributed by atoms with Crippen molar-refractivity contribution in [3.63, 3.8) is 0 Å². The molecule has 4 heteroatoms. The molecule has 1 fully saturated rings. The Hall–Kier alpha value is -0.710. The summed E-state index contributed by atoms with van der Waals surface area (Å²) in [4.78, 5) is 3.72. The average Bonchev–Trinajstić information content (AvgIpc) is 2.40. The Kier molecular flexibility index (Phi) is 4.92. The second kappa shape index (κ2) is 6.45. The zero-order valence-electron chi connectivity index (χ0n) is 11.2.